The molecular formula is C25H21FN6O. The van der Waals surface area contributed by atoms with Crippen molar-refractivity contribution in [2.45, 2.75) is 31.7 Å². The van der Waals surface area contributed by atoms with Gasteiger partial charge in [-0.25, -0.2) is 14.4 Å². The number of nitrogens with zero attached hydrogens (tertiary/aromatic N) is 4. The first-order chi connectivity index (χ1) is 16.0. The van der Waals surface area contributed by atoms with E-state index in [0.29, 0.717) is 16.9 Å². The molecule has 1 saturated carbocycles. The molecule has 5 rings (SSSR count). The Kier molecular flexibility index (Phi) is 5.02. The van der Waals surface area contributed by atoms with Crippen molar-refractivity contribution in [3.8, 4) is 17.2 Å². The van der Waals surface area contributed by atoms with Crippen LogP contribution >= 0.6 is 0 Å². The van der Waals surface area contributed by atoms with Crippen LogP contribution in [-0.2, 0) is 0 Å². The molecule has 0 aliphatic heterocycles. The first-order valence-corrected chi connectivity index (χ1v) is 10.7. The lowest BCUT2D eigenvalue weighted by atomic mass is 9.89. The first kappa shape index (κ1) is 20.6. The van der Waals surface area contributed by atoms with Crippen LogP contribution in [0.25, 0.3) is 16.6 Å². The smallest absolute Gasteiger partial charge is 0.263 e. The summed E-state index contributed by atoms with van der Waals surface area (Å²) in [6.45, 7) is 1.92. The van der Waals surface area contributed by atoms with Crippen LogP contribution in [-0.4, -0.2) is 14.4 Å². The zero-order valence-corrected chi connectivity index (χ0v) is 17.9. The highest BCUT2D eigenvalue weighted by atomic mass is 19.1. The van der Waals surface area contributed by atoms with E-state index in [1.807, 2.05) is 43.3 Å². The van der Waals surface area contributed by atoms with Gasteiger partial charge in [0.2, 0.25) is 0 Å². The monoisotopic (exact) mass is 440 g/mol. The normalized spacial score (nSPS) is 14.1. The van der Waals surface area contributed by atoms with E-state index >= 15 is 0 Å². The summed E-state index contributed by atoms with van der Waals surface area (Å²) < 4.78 is 15.5. The molecule has 3 N–H and O–H groups in total. The molecule has 0 amide bonds. The summed E-state index contributed by atoms with van der Waals surface area (Å²) in [6, 6.07) is 14.1. The average molecular weight is 440 g/mol. The highest BCUT2D eigenvalue weighted by molar-refractivity contribution is 5.76. The lowest BCUT2D eigenvalue weighted by Gasteiger charge is -2.24. The summed E-state index contributed by atoms with van der Waals surface area (Å²) in [7, 11) is 0. The summed E-state index contributed by atoms with van der Waals surface area (Å²) >= 11 is 0. The van der Waals surface area contributed by atoms with Gasteiger partial charge in [-0.2, -0.15) is 5.26 Å². The Balaban J connectivity index is 1.80. The number of nitrogen functional groups attached to an aromatic ring is 1. The number of aromatic nitrogens is 3. The maximum Gasteiger partial charge on any atom is 0.263 e. The highest BCUT2D eigenvalue weighted by Gasteiger charge is 2.33. The minimum absolute atomic E-state index is 0.0851. The Labute approximate surface area is 189 Å². The lowest BCUT2D eigenvalue weighted by molar-refractivity contribution is 0.617. The van der Waals surface area contributed by atoms with Gasteiger partial charge >= 0.3 is 0 Å². The molecule has 4 aromatic rings. The molecule has 0 bridgehead atoms. The fraction of sp³-hybridized carbons (Fsp3) is 0.200. The van der Waals surface area contributed by atoms with Crippen LogP contribution in [0.15, 0.2) is 59.8 Å². The van der Waals surface area contributed by atoms with Crippen LogP contribution in [0.2, 0.25) is 0 Å². The Morgan fingerprint density at radius 3 is 2.67 bits per heavy atom. The summed E-state index contributed by atoms with van der Waals surface area (Å²) in [5, 5.41) is 12.8. The zero-order chi connectivity index (χ0) is 23.1. The third-order valence-corrected chi connectivity index (χ3v) is 6.00. The van der Waals surface area contributed by atoms with Crippen LogP contribution < -0.4 is 16.6 Å². The number of anilines is 2. The fourth-order valence-corrected chi connectivity index (χ4v) is 4.40. The predicted molar refractivity (Wildman–Crippen MR) is 124 cm³/mol. The molecule has 0 radical (unpaired) electrons. The minimum Gasteiger partial charge on any atom is -0.382 e. The number of pyridine rings is 2. The molecule has 33 heavy (non-hydrogen) atoms. The van der Waals surface area contributed by atoms with Crippen LogP contribution in [0.5, 0.6) is 0 Å². The van der Waals surface area contributed by atoms with Gasteiger partial charge in [0.1, 0.15) is 35.4 Å². The van der Waals surface area contributed by atoms with Crippen LogP contribution in [0, 0.1) is 17.1 Å². The Morgan fingerprint density at radius 2 is 1.97 bits per heavy atom. The Hall–Kier alpha value is -4.25. The predicted octanol–water partition coefficient (Wildman–Crippen LogP) is 4.40. The molecule has 3 heterocycles. The minimum atomic E-state index is -0.473. The van der Waals surface area contributed by atoms with Gasteiger partial charge in [-0.3, -0.25) is 9.20 Å². The number of hydrogen-bond donors (Lipinski definition) is 2. The number of fused-ring (bicyclic) bond motifs is 1. The van der Waals surface area contributed by atoms with E-state index in [0.717, 1.165) is 29.5 Å². The number of rotatable bonds is 5. The molecule has 7 nitrogen and oxygen atoms in total. The number of halogens is 1. The van der Waals surface area contributed by atoms with Crippen molar-refractivity contribution < 1.29 is 4.39 Å². The van der Waals surface area contributed by atoms with Crippen molar-refractivity contribution in [3.63, 3.8) is 0 Å². The molecule has 0 saturated heterocycles. The molecule has 1 aliphatic rings. The van der Waals surface area contributed by atoms with Crippen LogP contribution in [0.3, 0.4) is 0 Å². The second-order valence-corrected chi connectivity index (χ2v) is 8.21. The van der Waals surface area contributed by atoms with Crippen molar-refractivity contribution in [1.82, 2.24) is 14.4 Å². The van der Waals surface area contributed by atoms with Crippen LogP contribution in [0.4, 0.5) is 16.0 Å². The second-order valence-electron chi connectivity index (χ2n) is 8.21. The summed E-state index contributed by atoms with van der Waals surface area (Å²) in [6.07, 6.45) is 4.52. The molecule has 164 valence electrons. The number of hydrogen-bond acceptors (Lipinski definition) is 6. The van der Waals surface area contributed by atoms with Gasteiger partial charge in [-0.1, -0.05) is 30.3 Å². The standard InChI is InChI=1S/C25H21FN6O/c1-14(31-24-18(11-27)23(28)29-13-30-24)20-21(16-7-8-16)19-10-9-17(26)12-32(19)25(33)22(20)15-5-3-2-4-6-15/h2-6,9-10,12-14,16H,7-8H2,1H3,(H3,28,29,30,31)/t14-/m0/s1. The third-order valence-electron chi connectivity index (χ3n) is 6.00. The van der Waals surface area contributed by atoms with Gasteiger partial charge in [0.05, 0.1) is 17.1 Å². The SMILES string of the molecule is C[C@H](Nc1ncnc(N)c1C#N)c1c(-c2ccccc2)c(=O)n2cc(F)ccc2c1C1CC1. The molecule has 1 fully saturated rings. The summed E-state index contributed by atoms with van der Waals surface area (Å²) in [4.78, 5) is 21.8. The first-order valence-electron chi connectivity index (χ1n) is 10.7. The molecule has 8 heteroatoms. The summed E-state index contributed by atoms with van der Waals surface area (Å²) in [5.41, 5.74) is 9.48. The van der Waals surface area contributed by atoms with Gasteiger partial charge < -0.3 is 11.1 Å². The molecule has 1 aromatic carbocycles. The highest BCUT2D eigenvalue weighted by Crippen LogP contribution is 2.47. The number of nitrogens with one attached hydrogen (secondary N) is 1. The van der Waals surface area contributed by atoms with Gasteiger partial charge in [0.15, 0.2) is 0 Å². The second kappa shape index (κ2) is 8.02. The van der Waals surface area contributed by atoms with E-state index in [4.69, 9.17) is 5.73 Å². The van der Waals surface area contributed by atoms with Gasteiger partial charge in [-0.15, -0.1) is 0 Å². The molecule has 1 aliphatic carbocycles. The Bertz CT molecular complexity index is 1470. The lowest BCUT2D eigenvalue weighted by Crippen LogP contribution is -2.24. The topological polar surface area (TPSA) is 109 Å². The average Bonchev–Trinajstić information content (AvgIpc) is 3.65. The Morgan fingerprint density at radius 1 is 1.21 bits per heavy atom. The molecule has 0 spiro atoms. The maximum absolute atomic E-state index is 14.1. The van der Waals surface area contributed by atoms with Gasteiger partial charge in [0, 0.05) is 6.20 Å². The quantitative estimate of drug-likeness (QED) is 0.476. The molecular weight excluding hydrogens is 419 g/mol. The van der Waals surface area contributed by atoms with Crippen molar-refractivity contribution in [2.75, 3.05) is 11.1 Å². The third kappa shape index (κ3) is 3.57. The van der Waals surface area contributed by atoms with Crippen molar-refractivity contribution in [1.29, 1.82) is 5.26 Å². The van der Waals surface area contributed by atoms with Crippen molar-refractivity contribution in [3.05, 3.63) is 87.9 Å². The van der Waals surface area contributed by atoms with E-state index < -0.39 is 5.82 Å². The fourth-order valence-electron chi connectivity index (χ4n) is 4.40. The van der Waals surface area contributed by atoms with E-state index in [1.54, 1.807) is 6.07 Å². The number of nitrogens with two attached hydrogens (primary N) is 1. The van der Waals surface area contributed by atoms with Gasteiger partial charge in [0.25, 0.3) is 5.56 Å². The molecule has 0 unspecified atom stereocenters. The van der Waals surface area contributed by atoms with E-state index in [2.05, 4.69) is 15.3 Å². The largest absolute Gasteiger partial charge is 0.382 e. The van der Waals surface area contributed by atoms with Crippen molar-refractivity contribution >= 4 is 17.2 Å². The van der Waals surface area contributed by atoms with E-state index in [1.165, 1.54) is 23.0 Å². The van der Waals surface area contributed by atoms with Crippen molar-refractivity contribution in [2.24, 2.45) is 0 Å². The molecule has 1 atom stereocenters. The van der Waals surface area contributed by atoms with E-state index in [-0.39, 0.29) is 28.9 Å². The number of nitriles is 1. The van der Waals surface area contributed by atoms with Crippen LogP contribution in [0.1, 0.15) is 48.4 Å². The summed E-state index contributed by atoms with van der Waals surface area (Å²) in [5.74, 6) is 0.178. The van der Waals surface area contributed by atoms with E-state index in [9.17, 15) is 14.4 Å². The number of benzene rings is 1. The zero-order valence-electron chi connectivity index (χ0n) is 17.9. The maximum atomic E-state index is 14.1. The molecule has 3 aromatic heterocycles. The van der Waals surface area contributed by atoms with Gasteiger partial charge in [-0.05, 0) is 54.5 Å².